The van der Waals surface area contributed by atoms with Gasteiger partial charge in [-0.05, 0) is 61.7 Å². The molecule has 2 nitrogen and oxygen atoms in total. The van der Waals surface area contributed by atoms with E-state index in [0.29, 0.717) is 18.0 Å². The molecule has 0 aliphatic rings. The molecule has 2 aromatic carbocycles. The maximum atomic E-state index is 12.8. The molecule has 0 aromatic heterocycles. The summed E-state index contributed by atoms with van der Waals surface area (Å²) in [6.45, 7) is 0.362. The predicted molar refractivity (Wildman–Crippen MR) is 77.0 cm³/mol. The van der Waals surface area contributed by atoms with Gasteiger partial charge in [-0.3, -0.25) is 0 Å². The molecule has 0 heterocycles. The van der Waals surface area contributed by atoms with Crippen molar-refractivity contribution in [1.29, 1.82) is 0 Å². The van der Waals surface area contributed by atoms with Crippen LogP contribution in [0.3, 0.4) is 0 Å². The van der Waals surface area contributed by atoms with Crippen LogP contribution < -0.4 is 10.5 Å². The van der Waals surface area contributed by atoms with Crippen LogP contribution in [0, 0.1) is 5.82 Å². The molecule has 0 saturated heterocycles. The van der Waals surface area contributed by atoms with E-state index < -0.39 is 0 Å². The lowest BCUT2D eigenvalue weighted by atomic mass is 10.2. The quantitative estimate of drug-likeness (QED) is 0.802. The molecule has 0 fully saturated rings. The smallest absolute Gasteiger partial charge is 0.148 e. The lowest BCUT2D eigenvalue weighted by molar-refractivity contribution is 0.302. The van der Waals surface area contributed by atoms with Gasteiger partial charge in [-0.15, -0.1) is 0 Å². The van der Waals surface area contributed by atoms with Gasteiger partial charge in [0.2, 0.25) is 0 Å². The number of rotatable bonds is 3. The Hall–Kier alpha value is -1.07. The standard InChI is InChI=1S/C13H10Br2FNO/c14-11-5-10(17)6-12(15)13(11)18-7-8-1-3-9(16)4-2-8/h1-6H,7,17H2. The van der Waals surface area contributed by atoms with Gasteiger partial charge in [0.25, 0.3) is 0 Å². The van der Waals surface area contributed by atoms with Crippen molar-refractivity contribution in [2.24, 2.45) is 0 Å². The Labute approximate surface area is 121 Å². The molecule has 5 heteroatoms. The minimum atomic E-state index is -0.256. The number of ether oxygens (including phenoxy) is 1. The second-order valence-electron chi connectivity index (χ2n) is 3.73. The molecule has 0 spiro atoms. The van der Waals surface area contributed by atoms with Crippen molar-refractivity contribution in [3.63, 3.8) is 0 Å². The summed E-state index contributed by atoms with van der Waals surface area (Å²) in [5.74, 6) is 0.419. The Morgan fingerprint density at radius 2 is 1.61 bits per heavy atom. The Kier molecular flexibility index (Phi) is 4.24. The zero-order valence-corrected chi connectivity index (χ0v) is 12.5. The van der Waals surface area contributed by atoms with Gasteiger partial charge >= 0.3 is 0 Å². The molecule has 18 heavy (non-hydrogen) atoms. The maximum absolute atomic E-state index is 12.8. The van der Waals surface area contributed by atoms with Crippen LogP contribution >= 0.6 is 31.9 Å². The van der Waals surface area contributed by atoms with Crippen LogP contribution in [0.1, 0.15) is 5.56 Å². The number of benzene rings is 2. The minimum Gasteiger partial charge on any atom is -0.487 e. The average molecular weight is 375 g/mol. The number of anilines is 1. The van der Waals surface area contributed by atoms with Crippen molar-refractivity contribution in [2.45, 2.75) is 6.61 Å². The highest BCUT2D eigenvalue weighted by atomic mass is 79.9. The van der Waals surface area contributed by atoms with E-state index in [2.05, 4.69) is 31.9 Å². The van der Waals surface area contributed by atoms with Crippen molar-refractivity contribution in [1.82, 2.24) is 0 Å². The lowest BCUT2D eigenvalue weighted by Crippen LogP contribution is -1.98. The van der Waals surface area contributed by atoms with Crippen LogP contribution in [-0.2, 0) is 6.61 Å². The number of halogens is 3. The van der Waals surface area contributed by atoms with E-state index >= 15 is 0 Å². The van der Waals surface area contributed by atoms with Crippen molar-refractivity contribution < 1.29 is 9.13 Å². The number of nitrogen functional groups attached to an aromatic ring is 1. The molecule has 0 bridgehead atoms. The Morgan fingerprint density at radius 3 is 2.17 bits per heavy atom. The molecule has 0 atom stereocenters. The summed E-state index contributed by atoms with van der Waals surface area (Å²) < 4.78 is 20.0. The molecule has 2 aromatic rings. The molecule has 0 amide bonds. The fourth-order valence-electron chi connectivity index (χ4n) is 1.45. The van der Waals surface area contributed by atoms with E-state index in [1.165, 1.54) is 12.1 Å². The number of hydrogen-bond acceptors (Lipinski definition) is 2. The average Bonchev–Trinajstić information content (AvgIpc) is 2.30. The molecular weight excluding hydrogens is 365 g/mol. The van der Waals surface area contributed by atoms with Crippen LogP contribution in [0.25, 0.3) is 0 Å². The van der Waals surface area contributed by atoms with E-state index in [1.54, 1.807) is 24.3 Å². The normalized spacial score (nSPS) is 10.4. The zero-order chi connectivity index (χ0) is 13.1. The van der Waals surface area contributed by atoms with Crippen LogP contribution in [0.2, 0.25) is 0 Å². The van der Waals surface area contributed by atoms with E-state index in [-0.39, 0.29) is 5.82 Å². The fourth-order valence-corrected chi connectivity index (χ4v) is 2.90. The Morgan fingerprint density at radius 1 is 1.06 bits per heavy atom. The highest BCUT2D eigenvalue weighted by Gasteiger charge is 2.08. The van der Waals surface area contributed by atoms with E-state index in [9.17, 15) is 4.39 Å². The van der Waals surface area contributed by atoms with Gasteiger partial charge in [-0.25, -0.2) is 4.39 Å². The third kappa shape index (κ3) is 3.23. The fraction of sp³-hybridized carbons (Fsp3) is 0.0769. The molecule has 0 radical (unpaired) electrons. The van der Waals surface area contributed by atoms with Gasteiger partial charge in [0.15, 0.2) is 0 Å². The van der Waals surface area contributed by atoms with E-state index in [0.717, 1.165) is 14.5 Å². The second kappa shape index (κ2) is 5.71. The van der Waals surface area contributed by atoms with Gasteiger partial charge in [0.05, 0.1) is 8.95 Å². The Balaban J connectivity index is 2.13. The largest absolute Gasteiger partial charge is 0.487 e. The van der Waals surface area contributed by atoms with Gasteiger partial charge in [0, 0.05) is 5.69 Å². The van der Waals surface area contributed by atoms with E-state index in [4.69, 9.17) is 10.5 Å². The highest BCUT2D eigenvalue weighted by molar-refractivity contribution is 9.11. The van der Waals surface area contributed by atoms with E-state index in [1.807, 2.05) is 0 Å². The lowest BCUT2D eigenvalue weighted by Gasteiger charge is -2.11. The summed E-state index contributed by atoms with van der Waals surface area (Å²) in [4.78, 5) is 0. The molecular formula is C13H10Br2FNO. The second-order valence-corrected chi connectivity index (χ2v) is 5.44. The SMILES string of the molecule is Nc1cc(Br)c(OCc2ccc(F)cc2)c(Br)c1. The van der Waals surface area contributed by atoms with Crippen LogP contribution in [0.4, 0.5) is 10.1 Å². The third-order valence-electron chi connectivity index (χ3n) is 2.32. The highest BCUT2D eigenvalue weighted by Crippen LogP contribution is 2.36. The summed E-state index contributed by atoms with van der Waals surface area (Å²) >= 11 is 6.78. The Bertz CT molecular complexity index is 534. The summed E-state index contributed by atoms with van der Waals surface area (Å²) in [6, 6.07) is 9.73. The molecule has 0 aliphatic heterocycles. The first-order chi connectivity index (χ1) is 8.56. The first kappa shape index (κ1) is 13.4. The summed E-state index contributed by atoms with van der Waals surface area (Å²) in [6.07, 6.45) is 0. The maximum Gasteiger partial charge on any atom is 0.148 e. The van der Waals surface area contributed by atoms with Gasteiger partial charge in [-0.1, -0.05) is 12.1 Å². The van der Waals surface area contributed by atoms with Crippen molar-refractivity contribution in [3.05, 3.63) is 56.7 Å². The third-order valence-corrected chi connectivity index (χ3v) is 3.50. The van der Waals surface area contributed by atoms with Crippen LogP contribution in [0.15, 0.2) is 45.3 Å². The molecule has 94 valence electrons. The number of hydrogen-bond donors (Lipinski definition) is 1. The molecule has 2 N–H and O–H groups in total. The van der Waals surface area contributed by atoms with Crippen LogP contribution in [0.5, 0.6) is 5.75 Å². The van der Waals surface area contributed by atoms with Gasteiger partial charge in [-0.2, -0.15) is 0 Å². The molecule has 0 saturated carbocycles. The molecule has 0 aliphatic carbocycles. The first-order valence-electron chi connectivity index (χ1n) is 5.18. The van der Waals surface area contributed by atoms with Crippen molar-refractivity contribution in [2.75, 3.05) is 5.73 Å². The monoisotopic (exact) mass is 373 g/mol. The number of nitrogens with two attached hydrogens (primary N) is 1. The summed E-state index contributed by atoms with van der Waals surface area (Å²) in [5, 5.41) is 0. The topological polar surface area (TPSA) is 35.2 Å². The predicted octanol–water partition coefficient (Wildman–Crippen LogP) is 4.51. The van der Waals surface area contributed by atoms with Gasteiger partial charge < -0.3 is 10.5 Å². The van der Waals surface area contributed by atoms with Crippen molar-refractivity contribution in [3.8, 4) is 5.75 Å². The van der Waals surface area contributed by atoms with Gasteiger partial charge in [0.1, 0.15) is 18.2 Å². The van der Waals surface area contributed by atoms with Crippen LogP contribution in [-0.4, -0.2) is 0 Å². The molecule has 2 rings (SSSR count). The first-order valence-corrected chi connectivity index (χ1v) is 6.76. The summed E-state index contributed by atoms with van der Waals surface area (Å²) in [5.41, 5.74) is 7.23. The minimum absolute atomic E-state index is 0.256. The zero-order valence-electron chi connectivity index (χ0n) is 9.29. The van der Waals surface area contributed by atoms with Crippen molar-refractivity contribution >= 4 is 37.5 Å². The molecule has 0 unspecified atom stereocenters. The summed E-state index contributed by atoms with van der Waals surface area (Å²) in [7, 11) is 0.